The number of halogens is 1. The minimum absolute atomic E-state index is 0.272. The summed E-state index contributed by atoms with van der Waals surface area (Å²) in [5.41, 5.74) is 6.77. The number of carbonyl (C=O) groups excluding carboxylic acids is 2. The van der Waals surface area contributed by atoms with Gasteiger partial charge in [0.15, 0.2) is 6.10 Å². The molecule has 0 saturated carbocycles. The number of hydrogen-bond acceptors (Lipinski definition) is 4. The Labute approximate surface area is 143 Å². The number of ether oxygens (including phenoxy) is 2. The fraction of sp³-hybridized carbons (Fsp3) is 0.176. The Morgan fingerprint density at radius 3 is 2.79 bits per heavy atom. The highest BCUT2D eigenvalue weighted by molar-refractivity contribution is 6.30. The summed E-state index contributed by atoms with van der Waals surface area (Å²) in [6.07, 6.45) is -0.264. The molecule has 1 heterocycles. The zero-order valence-corrected chi connectivity index (χ0v) is 13.6. The van der Waals surface area contributed by atoms with Crippen LogP contribution in [0.2, 0.25) is 5.02 Å². The van der Waals surface area contributed by atoms with Crippen molar-refractivity contribution in [3.63, 3.8) is 0 Å². The highest BCUT2D eigenvalue weighted by atomic mass is 35.5. The molecule has 6 nitrogen and oxygen atoms in total. The zero-order chi connectivity index (χ0) is 17.3. The van der Waals surface area contributed by atoms with Gasteiger partial charge in [0.1, 0.15) is 11.5 Å². The molecular formula is C17H15ClN2O4. The molecule has 1 aliphatic heterocycles. The van der Waals surface area contributed by atoms with Crippen LogP contribution in [0.3, 0.4) is 0 Å². The molecule has 0 unspecified atom stereocenters. The molecule has 0 aliphatic carbocycles. The van der Waals surface area contributed by atoms with Crippen LogP contribution in [0.4, 0.5) is 5.69 Å². The summed E-state index contributed by atoms with van der Waals surface area (Å²) in [5.74, 6) is 0.124. The summed E-state index contributed by atoms with van der Waals surface area (Å²) < 4.78 is 10.8. The van der Waals surface area contributed by atoms with E-state index in [0.717, 1.165) is 5.56 Å². The summed E-state index contributed by atoms with van der Waals surface area (Å²) in [4.78, 5) is 23.8. The molecular weight excluding hydrogens is 332 g/mol. The van der Waals surface area contributed by atoms with E-state index in [1.165, 1.54) is 19.2 Å². The molecule has 2 amide bonds. The van der Waals surface area contributed by atoms with Crippen LogP contribution >= 0.6 is 11.6 Å². The Morgan fingerprint density at radius 2 is 2.08 bits per heavy atom. The van der Waals surface area contributed by atoms with E-state index >= 15 is 0 Å². The van der Waals surface area contributed by atoms with Crippen LogP contribution in [0, 0.1) is 0 Å². The van der Waals surface area contributed by atoms with Gasteiger partial charge in [-0.05, 0) is 42.0 Å². The molecule has 0 fully saturated rings. The van der Waals surface area contributed by atoms with Gasteiger partial charge in [-0.15, -0.1) is 0 Å². The molecule has 3 rings (SSSR count). The maximum absolute atomic E-state index is 12.5. The number of rotatable bonds is 4. The van der Waals surface area contributed by atoms with Gasteiger partial charge in [-0.25, -0.2) is 0 Å². The number of amides is 2. The standard InChI is InChI=1S/C17H15ClN2O4/c1-23-14-4-2-9(16(19)21)7-12(14)20-17(22)15-8-10-6-11(18)3-5-13(10)24-15/h2-7,15H,8H2,1H3,(H2,19,21)(H,20,22)/t15-/m0/s1. The molecule has 0 spiro atoms. The quantitative estimate of drug-likeness (QED) is 0.889. The first-order valence-electron chi connectivity index (χ1n) is 7.21. The third kappa shape index (κ3) is 3.14. The van der Waals surface area contributed by atoms with E-state index in [2.05, 4.69) is 5.32 Å². The third-order valence-electron chi connectivity index (χ3n) is 3.73. The van der Waals surface area contributed by atoms with Gasteiger partial charge in [0.05, 0.1) is 12.8 Å². The molecule has 0 radical (unpaired) electrons. The number of carbonyl (C=O) groups is 2. The number of hydrogen-bond donors (Lipinski definition) is 2. The minimum atomic E-state index is -0.680. The van der Waals surface area contributed by atoms with Crippen molar-refractivity contribution in [3.8, 4) is 11.5 Å². The Hall–Kier alpha value is -2.73. The van der Waals surface area contributed by atoms with Crippen molar-refractivity contribution in [2.45, 2.75) is 12.5 Å². The smallest absolute Gasteiger partial charge is 0.265 e. The van der Waals surface area contributed by atoms with Gasteiger partial charge >= 0.3 is 0 Å². The predicted octanol–water partition coefficient (Wildman–Crippen LogP) is 2.39. The van der Waals surface area contributed by atoms with Crippen molar-refractivity contribution in [3.05, 3.63) is 52.5 Å². The van der Waals surface area contributed by atoms with Crippen LogP contribution in [-0.4, -0.2) is 25.0 Å². The van der Waals surface area contributed by atoms with Crippen molar-refractivity contribution in [1.82, 2.24) is 0 Å². The Morgan fingerprint density at radius 1 is 1.29 bits per heavy atom. The SMILES string of the molecule is COc1ccc(C(N)=O)cc1NC(=O)[C@@H]1Cc2cc(Cl)ccc2O1. The van der Waals surface area contributed by atoms with E-state index in [1.54, 1.807) is 24.3 Å². The van der Waals surface area contributed by atoms with Crippen LogP contribution in [0.5, 0.6) is 11.5 Å². The Kier molecular flexibility index (Phi) is 4.31. The molecule has 124 valence electrons. The maximum atomic E-state index is 12.5. The number of fused-ring (bicyclic) bond motifs is 1. The highest BCUT2D eigenvalue weighted by Crippen LogP contribution is 2.32. The lowest BCUT2D eigenvalue weighted by molar-refractivity contribution is -0.122. The van der Waals surface area contributed by atoms with Gasteiger partial charge in [-0.2, -0.15) is 0 Å². The number of nitrogens with two attached hydrogens (primary N) is 1. The van der Waals surface area contributed by atoms with E-state index in [4.69, 9.17) is 26.8 Å². The van der Waals surface area contributed by atoms with Gasteiger partial charge in [-0.1, -0.05) is 11.6 Å². The van der Waals surface area contributed by atoms with Crippen LogP contribution in [0.1, 0.15) is 15.9 Å². The number of methoxy groups -OCH3 is 1. The van der Waals surface area contributed by atoms with Gasteiger partial charge in [0.2, 0.25) is 5.91 Å². The van der Waals surface area contributed by atoms with E-state index < -0.39 is 12.0 Å². The van der Waals surface area contributed by atoms with Crippen LogP contribution in [0.15, 0.2) is 36.4 Å². The summed E-state index contributed by atoms with van der Waals surface area (Å²) in [6, 6.07) is 9.79. The minimum Gasteiger partial charge on any atom is -0.495 e. The Bertz CT molecular complexity index is 822. The first-order valence-corrected chi connectivity index (χ1v) is 7.59. The lowest BCUT2D eigenvalue weighted by Gasteiger charge is -2.14. The molecule has 0 bridgehead atoms. The number of primary amides is 1. The van der Waals surface area contributed by atoms with E-state index in [1.807, 2.05) is 0 Å². The normalized spacial score (nSPS) is 15.3. The van der Waals surface area contributed by atoms with Crippen molar-refractivity contribution < 1.29 is 19.1 Å². The lowest BCUT2D eigenvalue weighted by Crippen LogP contribution is -2.31. The van der Waals surface area contributed by atoms with Crippen LogP contribution in [0.25, 0.3) is 0 Å². The van der Waals surface area contributed by atoms with E-state index in [-0.39, 0.29) is 11.5 Å². The Balaban J connectivity index is 1.78. The summed E-state index contributed by atoms with van der Waals surface area (Å²) in [7, 11) is 1.47. The first-order chi connectivity index (χ1) is 11.5. The molecule has 2 aromatic rings. The maximum Gasteiger partial charge on any atom is 0.265 e. The third-order valence-corrected chi connectivity index (χ3v) is 3.97. The monoisotopic (exact) mass is 346 g/mol. The van der Waals surface area contributed by atoms with Crippen molar-refractivity contribution in [2.75, 3.05) is 12.4 Å². The van der Waals surface area contributed by atoms with Crippen molar-refractivity contribution in [2.24, 2.45) is 5.73 Å². The first kappa shape index (κ1) is 16.1. The second-order valence-corrected chi connectivity index (χ2v) is 5.77. The van der Waals surface area contributed by atoms with Gasteiger partial charge in [-0.3, -0.25) is 9.59 Å². The molecule has 24 heavy (non-hydrogen) atoms. The fourth-order valence-corrected chi connectivity index (χ4v) is 2.73. The number of nitrogens with one attached hydrogen (secondary N) is 1. The average molecular weight is 347 g/mol. The summed E-state index contributed by atoms with van der Waals surface area (Å²) in [5, 5.41) is 3.31. The molecule has 1 aliphatic rings. The molecule has 1 atom stereocenters. The molecule has 0 aromatic heterocycles. The van der Waals surface area contributed by atoms with E-state index in [9.17, 15) is 9.59 Å². The molecule has 2 aromatic carbocycles. The van der Waals surface area contributed by atoms with E-state index in [0.29, 0.717) is 28.6 Å². The van der Waals surface area contributed by atoms with Gasteiger partial charge in [0.25, 0.3) is 5.91 Å². The summed E-state index contributed by atoms with van der Waals surface area (Å²) >= 11 is 5.95. The average Bonchev–Trinajstić information content (AvgIpc) is 2.97. The second kappa shape index (κ2) is 6.41. The lowest BCUT2D eigenvalue weighted by atomic mass is 10.1. The number of benzene rings is 2. The van der Waals surface area contributed by atoms with Crippen molar-refractivity contribution >= 4 is 29.1 Å². The van der Waals surface area contributed by atoms with Gasteiger partial charge < -0.3 is 20.5 Å². The van der Waals surface area contributed by atoms with Gasteiger partial charge in [0, 0.05) is 17.0 Å². The predicted molar refractivity (Wildman–Crippen MR) is 89.7 cm³/mol. The topological polar surface area (TPSA) is 90.6 Å². The van der Waals surface area contributed by atoms with Crippen LogP contribution < -0.4 is 20.5 Å². The second-order valence-electron chi connectivity index (χ2n) is 5.33. The summed E-state index contributed by atoms with van der Waals surface area (Å²) in [6.45, 7) is 0. The molecule has 7 heteroatoms. The highest BCUT2D eigenvalue weighted by Gasteiger charge is 2.29. The molecule has 3 N–H and O–H groups in total. The van der Waals surface area contributed by atoms with Crippen molar-refractivity contribution in [1.29, 1.82) is 0 Å². The fourth-order valence-electron chi connectivity index (χ4n) is 2.54. The number of anilines is 1. The van der Waals surface area contributed by atoms with Crippen LogP contribution in [-0.2, 0) is 11.2 Å². The zero-order valence-electron chi connectivity index (χ0n) is 12.8. The molecule has 0 saturated heterocycles. The largest absolute Gasteiger partial charge is 0.495 e.